The Bertz CT molecular complexity index is 603. The van der Waals surface area contributed by atoms with Crippen molar-refractivity contribution in [3.8, 4) is 0 Å². The number of rotatable bonds is 5. The lowest BCUT2D eigenvalue weighted by molar-refractivity contribution is 0.549. The molecule has 1 aromatic rings. The Kier molecular flexibility index (Phi) is 4.85. The quantitative estimate of drug-likeness (QED) is 0.813. The molecule has 21 heavy (non-hydrogen) atoms. The standard InChI is InChI=1S/C14H21FN2O2S2/c1-10-12(15)7-11(8-13(10)16)21(18,19)17-9-14(20-2)5-3-4-6-14/h7-8,17H,3-6,9,16H2,1-2H3. The summed E-state index contributed by atoms with van der Waals surface area (Å²) in [5.74, 6) is -0.601. The zero-order chi connectivity index (χ0) is 15.7. The van der Waals surface area contributed by atoms with Gasteiger partial charge in [0.25, 0.3) is 0 Å². The van der Waals surface area contributed by atoms with Crippen LogP contribution in [0.3, 0.4) is 0 Å². The molecule has 7 heteroatoms. The number of thioether (sulfide) groups is 1. The summed E-state index contributed by atoms with van der Waals surface area (Å²) in [6.45, 7) is 1.89. The molecule has 0 amide bonds. The van der Waals surface area contributed by atoms with Gasteiger partial charge in [-0.3, -0.25) is 0 Å². The van der Waals surface area contributed by atoms with Gasteiger partial charge in [-0.25, -0.2) is 17.5 Å². The van der Waals surface area contributed by atoms with Gasteiger partial charge in [0.1, 0.15) is 5.82 Å². The van der Waals surface area contributed by atoms with Crippen molar-refractivity contribution in [3.05, 3.63) is 23.5 Å². The zero-order valence-electron chi connectivity index (χ0n) is 12.3. The van der Waals surface area contributed by atoms with Crippen LogP contribution in [0.5, 0.6) is 0 Å². The molecule has 1 fully saturated rings. The molecule has 0 atom stereocenters. The van der Waals surface area contributed by atoms with Crippen LogP contribution >= 0.6 is 11.8 Å². The minimum absolute atomic E-state index is 0.0398. The average molecular weight is 332 g/mol. The topological polar surface area (TPSA) is 72.2 Å². The molecule has 2 rings (SSSR count). The highest BCUT2D eigenvalue weighted by Gasteiger charge is 2.34. The maximum atomic E-state index is 13.7. The lowest BCUT2D eigenvalue weighted by Gasteiger charge is -2.26. The van der Waals surface area contributed by atoms with Gasteiger partial charge in [-0.2, -0.15) is 11.8 Å². The minimum atomic E-state index is -3.74. The molecule has 1 aliphatic carbocycles. The van der Waals surface area contributed by atoms with Crippen LogP contribution in [0.1, 0.15) is 31.2 Å². The molecule has 1 saturated carbocycles. The number of benzene rings is 1. The molecule has 1 aliphatic rings. The molecule has 0 spiro atoms. The van der Waals surface area contributed by atoms with Gasteiger partial charge in [-0.15, -0.1) is 0 Å². The number of hydrogen-bond donors (Lipinski definition) is 2. The molecule has 4 nitrogen and oxygen atoms in total. The van der Waals surface area contributed by atoms with E-state index in [-0.39, 0.29) is 20.9 Å². The van der Waals surface area contributed by atoms with Gasteiger partial charge in [-0.1, -0.05) is 12.8 Å². The van der Waals surface area contributed by atoms with E-state index in [1.54, 1.807) is 11.8 Å². The second-order valence-corrected chi connectivity index (χ2v) is 8.58. The van der Waals surface area contributed by atoms with E-state index in [9.17, 15) is 12.8 Å². The lowest BCUT2D eigenvalue weighted by atomic mass is 10.1. The molecular weight excluding hydrogens is 311 g/mol. The molecule has 0 radical (unpaired) electrons. The van der Waals surface area contributed by atoms with E-state index in [0.29, 0.717) is 6.54 Å². The van der Waals surface area contributed by atoms with E-state index in [1.165, 1.54) is 13.0 Å². The first-order valence-corrected chi connectivity index (χ1v) is 9.61. The SMILES string of the molecule is CSC1(CNS(=O)(=O)c2cc(N)c(C)c(F)c2)CCCC1. The molecule has 0 aromatic heterocycles. The van der Waals surface area contributed by atoms with Crippen LogP contribution in [0.2, 0.25) is 0 Å². The summed E-state index contributed by atoms with van der Waals surface area (Å²) in [7, 11) is -3.74. The first-order valence-electron chi connectivity index (χ1n) is 6.90. The summed E-state index contributed by atoms with van der Waals surface area (Å²) >= 11 is 1.70. The summed E-state index contributed by atoms with van der Waals surface area (Å²) in [4.78, 5) is -0.114. The van der Waals surface area contributed by atoms with Gasteiger partial charge in [0.15, 0.2) is 0 Å². The number of nitrogen functional groups attached to an aromatic ring is 1. The molecule has 0 saturated heterocycles. The maximum absolute atomic E-state index is 13.7. The van der Waals surface area contributed by atoms with Crippen LogP contribution in [0, 0.1) is 12.7 Å². The Morgan fingerprint density at radius 3 is 2.52 bits per heavy atom. The third kappa shape index (κ3) is 3.52. The number of nitrogens with two attached hydrogens (primary N) is 1. The van der Waals surface area contributed by atoms with E-state index in [1.807, 2.05) is 6.26 Å². The van der Waals surface area contributed by atoms with Gasteiger partial charge in [0.05, 0.1) is 4.90 Å². The van der Waals surface area contributed by atoms with Gasteiger partial charge in [0, 0.05) is 22.5 Å². The van der Waals surface area contributed by atoms with E-state index >= 15 is 0 Å². The fourth-order valence-electron chi connectivity index (χ4n) is 2.61. The van der Waals surface area contributed by atoms with Crippen molar-refractivity contribution in [2.24, 2.45) is 0 Å². The first-order chi connectivity index (χ1) is 9.80. The first kappa shape index (κ1) is 16.6. The largest absolute Gasteiger partial charge is 0.398 e. The average Bonchev–Trinajstić information content (AvgIpc) is 2.92. The van der Waals surface area contributed by atoms with Gasteiger partial charge >= 0.3 is 0 Å². The number of sulfonamides is 1. The Balaban J connectivity index is 2.19. The fourth-order valence-corrected chi connectivity index (χ4v) is 4.79. The van der Waals surface area contributed by atoms with Crippen LogP contribution in [0.25, 0.3) is 0 Å². The summed E-state index contributed by atoms with van der Waals surface area (Å²) in [5, 5.41) is 0. The third-order valence-corrected chi connectivity index (χ3v) is 7.00. The van der Waals surface area contributed by atoms with Crippen LogP contribution < -0.4 is 10.5 Å². The Morgan fingerprint density at radius 1 is 1.38 bits per heavy atom. The molecule has 0 aliphatic heterocycles. The lowest BCUT2D eigenvalue weighted by Crippen LogP contribution is -2.38. The minimum Gasteiger partial charge on any atom is -0.398 e. The van der Waals surface area contributed by atoms with E-state index in [0.717, 1.165) is 31.7 Å². The van der Waals surface area contributed by atoms with Gasteiger partial charge < -0.3 is 5.73 Å². The number of anilines is 1. The monoisotopic (exact) mass is 332 g/mol. The number of hydrogen-bond acceptors (Lipinski definition) is 4. The highest BCUT2D eigenvalue weighted by molar-refractivity contribution is 8.00. The van der Waals surface area contributed by atoms with Crippen molar-refractivity contribution in [3.63, 3.8) is 0 Å². The van der Waals surface area contributed by atoms with Crippen molar-refractivity contribution in [2.45, 2.75) is 42.2 Å². The second kappa shape index (κ2) is 6.14. The number of nitrogens with one attached hydrogen (secondary N) is 1. The normalized spacial score (nSPS) is 18.0. The smallest absolute Gasteiger partial charge is 0.240 e. The molecule has 0 unspecified atom stereocenters. The van der Waals surface area contributed by atoms with E-state index in [4.69, 9.17) is 5.73 Å². The predicted molar refractivity (Wildman–Crippen MR) is 85.5 cm³/mol. The van der Waals surface area contributed by atoms with E-state index < -0.39 is 15.8 Å². The van der Waals surface area contributed by atoms with Crippen molar-refractivity contribution < 1.29 is 12.8 Å². The van der Waals surface area contributed by atoms with Crippen LogP contribution in [-0.2, 0) is 10.0 Å². The number of halogens is 1. The third-order valence-electron chi connectivity index (χ3n) is 4.20. The van der Waals surface area contributed by atoms with Gasteiger partial charge in [-0.05, 0) is 38.2 Å². The Morgan fingerprint density at radius 2 is 2.00 bits per heavy atom. The summed E-state index contributed by atoms with van der Waals surface area (Å²) in [6.07, 6.45) is 6.24. The molecule has 3 N–H and O–H groups in total. The molecule has 118 valence electrons. The van der Waals surface area contributed by atoms with Crippen molar-refractivity contribution in [1.82, 2.24) is 4.72 Å². The Hall–Kier alpha value is -0.790. The summed E-state index contributed by atoms with van der Waals surface area (Å²) in [5.41, 5.74) is 6.07. The predicted octanol–water partition coefficient (Wildman–Crippen LogP) is 2.67. The fraction of sp³-hybridized carbons (Fsp3) is 0.571. The highest BCUT2D eigenvalue weighted by atomic mass is 32.2. The van der Waals surface area contributed by atoms with Crippen LogP contribution in [0.15, 0.2) is 17.0 Å². The van der Waals surface area contributed by atoms with Crippen molar-refractivity contribution in [1.29, 1.82) is 0 Å². The van der Waals surface area contributed by atoms with Gasteiger partial charge in [0.2, 0.25) is 10.0 Å². The van der Waals surface area contributed by atoms with Crippen molar-refractivity contribution >= 4 is 27.5 Å². The van der Waals surface area contributed by atoms with E-state index in [2.05, 4.69) is 4.72 Å². The Labute approximate surface area is 129 Å². The molecule has 0 bridgehead atoms. The van der Waals surface area contributed by atoms with Crippen molar-refractivity contribution in [2.75, 3.05) is 18.5 Å². The molecular formula is C14H21FN2O2S2. The zero-order valence-corrected chi connectivity index (χ0v) is 13.9. The van der Waals surface area contributed by atoms with Crippen LogP contribution in [0.4, 0.5) is 10.1 Å². The molecule has 0 heterocycles. The summed E-state index contributed by atoms with van der Waals surface area (Å²) in [6, 6.07) is 2.33. The highest BCUT2D eigenvalue weighted by Crippen LogP contribution is 2.39. The second-order valence-electron chi connectivity index (χ2n) is 5.54. The maximum Gasteiger partial charge on any atom is 0.240 e. The molecule has 1 aromatic carbocycles. The van der Waals surface area contributed by atoms with Crippen LogP contribution in [-0.4, -0.2) is 26.0 Å². The summed E-state index contributed by atoms with van der Waals surface area (Å²) < 4.78 is 40.9.